The Kier molecular flexibility index (Phi) is 6.39. The van der Waals surface area contributed by atoms with Crippen molar-refractivity contribution < 1.29 is 8.83 Å². The summed E-state index contributed by atoms with van der Waals surface area (Å²) in [6.45, 7) is 0. The zero-order valence-electron chi connectivity index (χ0n) is 26.6. The number of hydrogen-bond acceptors (Lipinski definition) is 6. The minimum Gasteiger partial charge on any atom is -0.456 e. The lowest BCUT2D eigenvalue weighted by Crippen LogP contribution is -2.00. The summed E-state index contributed by atoms with van der Waals surface area (Å²) in [6.07, 6.45) is 0. The molecule has 0 N–H and O–H groups in total. The lowest BCUT2D eigenvalue weighted by molar-refractivity contribution is 0.617. The molecule has 6 heteroatoms. The summed E-state index contributed by atoms with van der Waals surface area (Å²) < 4.78 is 12.9. The lowest BCUT2D eigenvalue weighted by atomic mass is 9.91. The van der Waals surface area contributed by atoms with Crippen molar-refractivity contribution in [3.05, 3.63) is 158 Å². The molecular weight excluding hydrogens is 617 g/mol. The van der Waals surface area contributed by atoms with Gasteiger partial charge in [-0.2, -0.15) is 0 Å². The molecule has 0 aliphatic heterocycles. The highest BCUT2D eigenvalue weighted by Gasteiger charge is 2.24. The van der Waals surface area contributed by atoms with Crippen LogP contribution >= 0.6 is 0 Å². The molecule has 234 valence electrons. The Labute approximate surface area is 286 Å². The standard InChI is InChI=1S/C44H26N4O2/c1-4-14-27(15-5-1)41-46-42(28-16-6-2-7-17-28)48-43(47-41)31-24-30-20-10-11-21-32(30)34(25-31)39-38-33-22-12-13-23-35(33)49-36(38)26-37-40(39)45-44(50-37)29-18-8-3-9-19-29/h1-26H. The largest absolute Gasteiger partial charge is 0.456 e. The maximum Gasteiger partial charge on any atom is 0.227 e. The molecular formula is C44H26N4O2. The molecule has 0 fully saturated rings. The fraction of sp³-hybridized carbons (Fsp3) is 0. The number of hydrogen-bond donors (Lipinski definition) is 0. The summed E-state index contributed by atoms with van der Waals surface area (Å²) in [6, 6.07) is 52.9. The van der Waals surface area contributed by atoms with Gasteiger partial charge in [0.15, 0.2) is 23.1 Å². The first kappa shape index (κ1) is 28.1. The second kappa shape index (κ2) is 11.4. The summed E-state index contributed by atoms with van der Waals surface area (Å²) in [5.41, 5.74) is 8.47. The molecule has 3 aromatic heterocycles. The van der Waals surface area contributed by atoms with Gasteiger partial charge in [0.1, 0.15) is 16.7 Å². The van der Waals surface area contributed by atoms with Crippen LogP contribution in [-0.4, -0.2) is 19.9 Å². The van der Waals surface area contributed by atoms with Crippen LogP contribution in [0.1, 0.15) is 0 Å². The van der Waals surface area contributed by atoms with Crippen molar-refractivity contribution in [2.45, 2.75) is 0 Å². The predicted octanol–water partition coefficient (Wildman–Crippen LogP) is 11.4. The van der Waals surface area contributed by atoms with Gasteiger partial charge in [-0.05, 0) is 46.7 Å². The van der Waals surface area contributed by atoms with Gasteiger partial charge in [0.05, 0.1) is 0 Å². The Balaban J connectivity index is 1.30. The van der Waals surface area contributed by atoms with Crippen molar-refractivity contribution >= 4 is 43.8 Å². The topological polar surface area (TPSA) is 77.8 Å². The first-order chi connectivity index (χ1) is 24.8. The van der Waals surface area contributed by atoms with Gasteiger partial charge in [-0.25, -0.2) is 19.9 Å². The third-order valence-corrected chi connectivity index (χ3v) is 9.13. The van der Waals surface area contributed by atoms with E-state index in [1.54, 1.807) is 0 Å². The monoisotopic (exact) mass is 642 g/mol. The average molecular weight is 643 g/mol. The fourth-order valence-corrected chi connectivity index (χ4v) is 6.82. The molecule has 0 aliphatic rings. The quantitative estimate of drug-likeness (QED) is 0.186. The minimum absolute atomic E-state index is 0.553. The van der Waals surface area contributed by atoms with E-state index in [1.165, 1.54) is 0 Å². The summed E-state index contributed by atoms with van der Waals surface area (Å²) in [7, 11) is 0. The van der Waals surface area contributed by atoms with Gasteiger partial charge in [-0.1, -0.05) is 121 Å². The smallest absolute Gasteiger partial charge is 0.227 e. The van der Waals surface area contributed by atoms with Crippen LogP contribution in [0, 0.1) is 0 Å². The molecule has 0 bridgehead atoms. The lowest BCUT2D eigenvalue weighted by Gasteiger charge is -2.13. The first-order valence-corrected chi connectivity index (χ1v) is 16.5. The molecule has 0 unspecified atom stereocenters. The van der Waals surface area contributed by atoms with Crippen molar-refractivity contribution in [2.24, 2.45) is 0 Å². The molecule has 0 atom stereocenters. The Hall–Kier alpha value is -6.92. The Morgan fingerprint density at radius 3 is 1.62 bits per heavy atom. The zero-order valence-corrected chi connectivity index (χ0v) is 26.6. The first-order valence-electron chi connectivity index (χ1n) is 16.5. The van der Waals surface area contributed by atoms with E-state index in [0.29, 0.717) is 28.9 Å². The normalized spacial score (nSPS) is 11.6. The van der Waals surface area contributed by atoms with Gasteiger partial charge >= 0.3 is 0 Å². The molecule has 0 saturated heterocycles. The molecule has 10 aromatic rings. The summed E-state index contributed by atoms with van der Waals surface area (Å²) in [5, 5.41) is 4.11. The predicted molar refractivity (Wildman–Crippen MR) is 199 cm³/mol. The van der Waals surface area contributed by atoms with Gasteiger partial charge in [0.2, 0.25) is 5.89 Å². The van der Waals surface area contributed by atoms with Gasteiger partial charge in [0, 0.05) is 44.7 Å². The van der Waals surface area contributed by atoms with E-state index in [0.717, 1.165) is 71.6 Å². The highest BCUT2D eigenvalue weighted by molar-refractivity contribution is 6.22. The number of nitrogens with zero attached hydrogens (tertiary/aromatic N) is 4. The van der Waals surface area contributed by atoms with Crippen LogP contribution in [0.2, 0.25) is 0 Å². The van der Waals surface area contributed by atoms with Crippen LogP contribution in [-0.2, 0) is 0 Å². The summed E-state index contributed by atoms with van der Waals surface area (Å²) >= 11 is 0. The number of benzene rings is 7. The number of fused-ring (bicyclic) bond motifs is 5. The summed E-state index contributed by atoms with van der Waals surface area (Å²) in [5.74, 6) is 2.35. The van der Waals surface area contributed by atoms with Crippen molar-refractivity contribution in [3.63, 3.8) is 0 Å². The molecule has 0 aliphatic carbocycles. The molecule has 0 saturated carbocycles. The third kappa shape index (κ3) is 4.65. The van der Waals surface area contributed by atoms with E-state index in [9.17, 15) is 0 Å². The maximum absolute atomic E-state index is 6.47. The van der Waals surface area contributed by atoms with Gasteiger partial charge in [0.25, 0.3) is 0 Å². The third-order valence-electron chi connectivity index (χ3n) is 9.13. The second-order valence-electron chi connectivity index (χ2n) is 12.2. The van der Waals surface area contributed by atoms with Crippen molar-refractivity contribution in [1.29, 1.82) is 0 Å². The number of oxazole rings is 1. The van der Waals surface area contributed by atoms with E-state index >= 15 is 0 Å². The van der Waals surface area contributed by atoms with Gasteiger partial charge in [-0.15, -0.1) is 0 Å². The number of furan rings is 1. The summed E-state index contributed by atoms with van der Waals surface area (Å²) in [4.78, 5) is 20.2. The van der Waals surface area contributed by atoms with Crippen LogP contribution in [0.4, 0.5) is 0 Å². The molecule has 10 rings (SSSR count). The van der Waals surface area contributed by atoms with Crippen LogP contribution in [0.5, 0.6) is 0 Å². The van der Waals surface area contributed by atoms with E-state index < -0.39 is 0 Å². The molecule has 50 heavy (non-hydrogen) atoms. The highest BCUT2D eigenvalue weighted by Crippen LogP contribution is 2.45. The van der Waals surface area contributed by atoms with Crippen molar-refractivity contribution in [3.8, 4) is 56.7 Å². The minimum atomic E-state index is 0.553. The Bertz CT molecular complexity index is 2800. The zero-order chi connectivity index (χ0) is 33.0. The van der Waals surface area contributed by atoms with E-state index in [2.05, 4.69) is 42.5 Å². The van der Waals surface area contributed by atoms with Crippen LogP contribution in [0.3, 0.4) is 0 Å². The Morgan fingerprint density at radius 2 is 0.940 bits per heavy atom. The molecule has 0 amide bonds. The number of aromatic nitrogens is 4. The molecule has 0 radical (unpaired) electrons. The Morgan fingerprint density at radius 1 is 0.380 bits per heavy atom. The maximum atomic E-state index is 6.47. The van der Waals surface area contributed by atoms with Crippen LogP contribution in [0.15, 0.2) is 167 Å². The second-order valence-corrected chi connectivity index (χ2v) is 12.2. The SMILES string of the molecule is c1ccc(-c2nc(-c3ccccc3)nc(-c3cc(-c4c5nc(-c6ccccc6)oc5cc5oc6ccccc6c45)c4ccccc4c3)n2)cc1. The van der Waals surface area contributed by atoms with E-state index in [1.807, 2.05) is 115 Å². The van der Waals surface area contributed by atoms with Gasteiger partial charge < -0.3 is 8.83 Å². The van der Waals surface area contributed by atoms with Crippen molar-refractivity contribution in [2.75, 3.05) is 0 Å². The van der Waals surface area contributed by atoms with Gasteiger partial charge in [-0.3, -0.25) is 0 Å². The highest BCUT2D eigenvalue weighted by atomic mass is 16.4. The molecule has 6 nitrogen and oxygen atoms in total. The van der Waals surface area contributed by atoms with Crippen LogP contribution < -0.4 is 0 Å². The molecule has 0 spiro atoms. The fourth-order valence-electron chi connectivity index (χ4n) is 6.82. The van der Waals surface area contributed by atoms with E-state index in [4.69, 9.17) is 28.8 Å². The average Bonchev–Trinajstić information content (AvgIpc) is 3.79. The molecule has 3 heterocycles. The van der Waals surface area contributed by atoms with Crippen molar-refractivity contribution in [1.82, 2.24) is 19.9 Å². The van der Waals surface area contributed by atoms with Crippen LogP contribution in [0.25, 0.3) is 101 Å². The molecule has 7 aromatic carbocycles. The number of rotatable bonds is 5. The number of para-hydroxylation sites is 1. The van der Waals surface area contributed by atoms with E-state index in [-0.39, 0.29) is 0 Å².